The lowest BCUT2D eigenvalue weighted by Gasteiger charge is -2.18. The second kappa shape index (κ2) is 10.0. The van der Waals surface area contributed by atoms with Gasteiger partial charge in [-0.05, 0) is 29.3 Å². The molecule has 34 heavy (non-hydrogen) atoms. The number of rotatable bonds is 6. The van der Waals surface area contributed by atoms with E-state index in [0.29, 0.717) is 5.02 Å². The smallest absolute Gasteiger partial charge is 0.236 e. The molecule has 1 aromatic heterocycles. The lowest BCUT2D eigenvalue weighted by Crippen LogP contribution is -2.22. The molecule has 0 aliphatic rings. The molecule has 0 bridgehead atoms. The maximum absolute atomic E-state index is 13.4. The summed E-state index contributed by atoms with van der Waals surface area (Å²) in [5.74, 6) is -0.485. The van der Waals surface area contributed by atoms with Crippen LogP contribution in [0, 0.1) is 0 Å². The van der Waals surface area contributed by atoms with Crippen molar-refractivity contribution in [2.45, 2.75) is 5.92 Å². The van der Waals surface area contributed by atoms with Gasteiger partial charge < -0.3 is 5.32 Å². The Hall–Kier alpha value is -3.73. The third kappa shape index (κ3) is 4.79. The highest BCUT2D eigenvalue weighted by Gasteiger charge is 2.22. The Balaban J connectivity index is 1.42. The standard InChI is InChI=1S/C29H21ClN2OS/c30-25-17-8-7-16-24(25)29-32-26(19-34-29)22-14-9-15-23(18-22)31-28(33)27(20-10-3-1-4-11-20)21-12-5-2-6-13-21/h1-19,27H,(H,31,33). The molecule has 0 saturated heterocycles. The minimum atomic E-state index is -0.405. The van der Waals surface area contributed by atoms with E-state index in [2.05, 4.69) is 5.32 Å². The molecule has 4 aromatic carbocycles. The average molecular weight is 481 g/mol. The van der Waals surface area contributed by atoms with Crippen LogP contribution in [0.3, 0.4) is 0 Å². The van der Waals surface area contributed by atoms with E-state index in [1.165, 1.54) is 0 Å². The highest BCUT2D eigenvalue weighted by atomic mass is 35.5. The van der Waals surface area contributed by atoms with Gasteiger partial charge in [0.2, 0.25) is 5.91 Å². The minimum Gasteiger partial charge on any atom is -0.325 e. The summed E-state index contributed by atoms with van der Waals surface area (Å²) in [5, 5.41) is 6.66. The zero-order chi connectivity index (χ0) is 23.3. The molecule has 1 N–H and O–H groups in total. The molecule has 5 heteroatoms. The van der Waals surface area contributed by atoms with E-state index in [9.17, 15) is 4.79 Å². The molecule has 0 aliphatic heterocycles. The van der Waals surface area contributed by atoms with Crippen molar-refractivity contribution in [2.24, 2.45) is 0 Å². The van der Waals surface area contributed by atoms with Gasteiger partial charge in [0, 0.05) is 22.2 Å². The fourth-order valence-corrected chi connectivity index (χ4v) is 5.07. The van der Waals surface area contributed by atoms with Crippen LogP contribution in [0.1, 0.15) is 17.0 Å². The Labute approximate surface area is 207 Å². The van der Waals surface area contributed by atoms with Crippen molar-refractivity contribution in [3.8, 4) is 21.8 Å². The van der Waals surface area contributed by atoms with E-state index in [1.807, 2.05) is 115 Å². The van der Waals surface area contributed by atoms with Crippen molar-refractivity contribution in [3.63, 3.8) is 0 Å². The lowest BCUT2D eigenvalue weighted by molar-refractivity contribution is -0.116. The number of anilines is 1. The molecule has 3 nitrogen and oxygen atoms in total. The summed E-state index contributed by atoms with van der Waals surface area (Å²) in [6.07, 6.45) is 0. The number of carbonyl (C=O) groups excluding carboxylic acids is 1. The Morgan fingerprint density at radius 3 is 2.12 bits per heavy atom. The molecule has 0 aliphatic carbocycles. The predicted molar refractivity (Wildman–Crippen MR) is 141 cm³/mol. The fraction of sp³-hybridized carbons (Fsp3) is 0.0345. The van der Waals surface area contributed by atoms with Gasteiger partial charge in [0.05, 0.1) is 16.6 Å². The summed E-state index contributed by atoms with van der Waals surface area (Å²) in [6, 6.07) is 35.1. The van der Waals surface area contributed by atoms with Crippen LogP contribution in [0.15, 0.2) is 115 Å². The van der Waals surface area contributed by atoms with Gasteiger partial charge in [0.25, 0.3) is 0 Å². The van der Waals surface area contributed by atoms with Gasteiger partial charge in [0.15, 0.2) is 0 Å². The van der Waals surface area contributed by atoms with Crippen LogP contribution < -0.4 is 5.32 Å². The number of hydrogen-bond donors (Lipinski definition) is 1. The van der Waals surface area contributed by atoms with Crippen LogP contribution in [0.4, 0.5) is 5.69 Å². The number of hydrogen-bond acceptors (Lipinski definition) is 3. The fourth-order valence-electron chi connectivity index (χ4n) is 3.92. The molecule has 0 spiro atoms. The average Bonchev–Trinajstić information content (AvgIpc) is 3.36. The van der Waals surface area contributed by atoms with Gasteiger partial charge in [-0.1, -0.05) is 103 Å². The maximum Gasteiger partial charge on any atom is 0.236 e. The molecule has 1 heterocycles. The van der Waals surface area contributed by atoms with Gasteiger partial charge in [-0.3, -0.25) is 4.79 Å². The number of halogens is 1. The van der Waals surface area contributed by atoms with E-state index in [4.69, 9.17) is 16.6 Å². The molecule has 5 aromatic rings. The molecular weight excluding hydrogens is 460 g/mol. The van der Waals surface area contributed by atoms with Gasteiger partial charge >= 0.3 is 0 Å². The van der Waals surface area contributed by atoms with Crippen LogP contribution >= 0.6 is 22.9 Å². The molecule has 0 atom stereocenters. The van der Waals surface area contributed by atoms with E-state index in [0.717, 1.165) is 38.6 Å². The number of nitrogens with zero attached hydrogens (tertiary/aromatic N) is 1. The lowest BCUT2D eigenvalue weighted by atomic mass is 9.90. The molecule has 1 amide bonds. The van der Waals surface area contributed by atoms with E-state index in [-0.39, 0.29) is 5.91 Å². The van der Waals surface area contributed by atoms with E-state index < -0.39 is 5.92 Å². The highest BCUT2D eigenvalue weighted by Crippen LogP contribution is 2.34. The van der Waals surface area contributed by atoms with Crippen molar-refractivity contribution < 1.29 is 4.79 Å². The van der Waals surface area contributed by atoms with Crippen LogP contribution in [0.25, 0.3) is 21.8 Å². The Morgan fingerprint density at radius 2 is 1.44 bits per heavy atom. The summed E-state index contributed by atoms with van der Waals surface area (Å²) in [4.78, 5) is 18.2. The summed E-state index contributed by atoms with van der Waals surface area (Å²) in [5.41, 5.74) is 5.32. The summed E-state index contributed by atoms with van der Waals surface area (Å²) in [7, 11) is 0. The predicted octanol–water partition coefficient (Wildman–Crippen LogP) is 7.90. The zero-order valence-electron chi connectivity index (χ0n) is 18.2. The Kier molecular flexibility index (Phi) is 6.52. The number of amides is 1. The van der Waals surface area contributed by atoms with Crippen LogP contribution in [-0.4, -0.2) is 10.9 Å². The first-order chi connectivity index (χ1) is 16.7. The second-order valence-electron chi connectivity index (χ2n) is 7.84. The molecule has 0 fully saturated rings. The third-order valence-electron chi connectivity index (χ3n) is 5.56. The van der Waals surface area contributed by atoms with Gasteiger partial charge in [0.1, 0.15) is 5.01 Å². The van der Waals surface area contributed by atoms with Crippen LogP contribution in [0.2, 0.25) is 5.02 Å². The van der Waals surface area contributed by atoms with E-state index in [1.54, 1.807) is 11.3 Å². The first kappa shape index (κ1) is 22.1. The molecule has 5 rings (SSSR count). The largest absolute Gasteiger partial charge is 0.325 e. The third-order valence-corrected chi connectivity index (χ3v) is 6.77. The summed E-state index contributed by atoms with van der Waals surface area (Å²) in [6.45, 7) is 0. The first-order valence-electron chi connectivity index (χ1n) is 10.9. The van der Waals surface area contributed by atoms with Crippen molar-refractivity contribution in [1.29, 1.82) is 0 Å². The van der Waals surface area contributed by atoms with Crippen molar-refractivity contribution in [1.82, 2.24) is 4.98 Å². The van der Waals surface area contributed by atoms with Gasteiger partial charge in [-0.15, -0.1) is 11.3 Å². The topological polar surface area (TPSA) is 42.0 Å². The molecule has 0 radical (unpaired) electrons. The normalized spacial score (nSPS) is 10.9. The number of aromatic nitrogens is 1. The molecule has 0 saturated carbocycles. The number of carbonyl (C=O) groups is 1. The molecule has 166 valence electrons. The quantitative estimate of drug-likeness (QED) is 0.268. The summed E-state index contributed by atoms with van der Waals surface area (Å²) < 4.78 is 0. The zero-order valence-corrected chi connectivity index (χ0v) is 19.8. The highest BCUT2D eigenvalue weighted by molar-refractivity contribution is 7.13. The van der Waals surface area contributed by atoms with Crippen molar-refractivity contribution in [3.05, 3.63) is 131 Å². The maximum atomic E-state index is 13.4. The Bertz CT molecular complexity index is 1380. The van der Waals surface area contributed by atoms with Crippen molar-refractivity contribution in [2.75, 3.05) is 5.32 Å². The molecule has 0 unspecified atom stereocenters. The number of benzene rings is 4. The monoisotopic (exact) mass is 480 g/mol. The number of nitrogens with one attached hydrogen (secondary N) is 1. The van der Waals surface area contributed by atoms with Crippen LogP contribution in [-0.2, 0) is 4.79 Å². The van der Waals surface area contributed by atoms with Gasteiger partial charge in [-0.2, -0.15) is 0 Å². The first-order valence-corrected chi connectivity index (χ1v) is 12.2. The van der Waals surface area contributed by atoms with Crippen molar-refractivity contribution >= 4 is 34.5 Å². The second-order valence-corrected chi connectivity index (χ2v) is 9.11. The summed E-state index contributed by atoms with van der Waals surface area (Å²) >= 11 is 7.89. The molecular formula is C29H21ClN2OS. The van der Waals surface area contributed by atoms with E-state index >= 15 is 0 Å². The van der Waals surface area contributed by atoms with Crippen LogP contribution in [0.5, 0.6) is 0 Å². The Morgan fingerprint density at radius 1 is 0.794 bits per heavy atom. The SMILES string of the molecule is O=C(Nc1cccc(-c2csc(-c3ccccc3Cl)n2)c1)C(c1ccccc1)c1ccccc1. The number of thiazole rings is 1. The minimum absolute atomic E-state index is 0.0791. The van der Waals surface area contributed by atoms with Gasteiger partial charge in [-0.25, -0.2) is 4.98 Å².